The minimum atomic E-state index is -0.382. The number of nitrogens with zero attached hydrogens (tertiary/aromatic N) is 6. The highest BCUT2D eigenvalue weighted by atomic mass is 16.2. The van der Waals surface area contributed by atoms with Crippen molar-refractivity contribution in [2.45, 2.75) is 26.3 Å². The van der Waals surface area contributed by atoms with Gasteiger partial charge in [-0.25, -0.2) is 9.48 Å². The smallest absolute Gasteiger partial charge is 0.244 e. The summed E-state index contributed by atoms with van der Waals surface area (Å²) in [6.45, 7) is 5.65. The second kappa shape index (κ2) is 2.60. The number of rotatable bonds is 0. The van der Waals surface area contributed by atoms with Gasteiger partial charge >= 0.3 is 5.69 Å². The van der Waals surface area contributed by atoms with Crippen LogP contribution in [0.4, 0.5) is 0 Å². The van der Waals surface area contributed by atoms with E-state index >= 15 is 0 Å². The SMILES string of the molecule is CC(C)(C)n1nc2ncnnn2c1=O. The third kappa shape index (κ3) is 1.17. The minimum Gasteiger partial charge on any atom is -0.244 e. The van der Waals surface area contributed by atoms with Crippen LogP contribution in [0, 0.1) is 0 Å². The fourth-order valence-electron chi connectivity index (χ4n) is 1.10. The molecule has 2 aromatic rings. The van der Waals surface area contributed by atoms with Crippen molar-refractivity contribution in [3.8, 4) is 0 Å². The molecule has 0 bridgehead atoms. The van der Waals surface area contributed by atoms with E-state index in [9.17, 15) is 4.79 Å². The maximum Gasteiger partial charge on any atom is 0.370 e. The van der Waals surface area contributed by atoms with Gasteiger partial charge in [0.15, 0.2) is 0 Å². The highest BCUT2D eigenvalue weighted by Crippen LogP contribution is 2.08. The van der Waals surface area contributed by atoms with Gasteiger partial charge in [-0.05, 0) is 20.8 Å². The summed E-state index contributed by atoms with van der Waals surface area (Å²) in [4.78, 5) is 15.5. The number of aromatic nitrogens is 6. The Morgan fingerprint density at radius 2 is 2.07 bits per heavy atom. The topological polar surface area (TPSA) is 78.0 Å². The Bertz CT molecular complexity index is 519. The summed E-state index contributed by atoms with van der Waals surface area (Å²) in [7, 11) is 0. The molecule has 0 spiro atoms. The maximum absolute atomic E-state index is 11.7. The Hall–Kier alpha value is -1.79. The average Bonchev–Trinajstić information content (AvgIpc) is 2.44. The van der Waals surface area contributed by atoms with Crippen molar-refractivity contribution in [1.29, 1.82) is 0 Å². The molecule has 14 heavy (non-hydrogen) atoms. The number of hydrogen-bond donors (Lipinski definition) is 0. The normalized spacial score (nSPS) is 12.2. The van der Waals surface area contributed by atoms with Crippen LogP contribution in [0.2, 0.25) is 0 Å². The lowest BCUT2D eigenvalue weighted by atomic mass is 10.1. The molecule has 0 aliphatic rings. The molecule has 0 fully saturated rings. The molecule has 0 radical (unpaired) electrons. The molecule has 2 aromatic heterocycles. The predicted molar refractivity (Wildman–Crippen MR) is 47.8 cm³/mol. The van der Waals surface area contributed by atoms with Crippen molar-refractivity contribution in [1.82, 2.24) is 29.6 Å². The molecule has 7 nitrogen and oxygen atoms in total. The molecule has 0 saturated carbocycles. The summed E-state index contributed by atoms with van der Waals surface area (Å²) in [5, 5.41) is 11.2. The van der Waals surface area contributed by atoms with E-state index in [1.807, 2.05) is 20.8 Å². The first-order valence-electron chi connectivity index (χ1n) is 4.16. The lowest BCUT2D eigenvalue weighted by Gasteiger charge is -2.16. The maximum atomic E-state index is 11.7. The Morgan fingerprint density at radius 1 is 1.36 bits per heavy atom. The monoisotopic (exact) mass is 194 g/mol. The van der Waals surface area contributed by atoms with E-state index < -0.39 is 0 Å². The first-order chi connectivity index (χ1) is 6.50. The quantitative estimate of drug-likeness (QED) is 0.561. The summed E-state index contributed by atoms with van der Waals surface area (Å²) in [6.07, 6.45) is 1.26. The van der Waals surface area contributed by atoms with E-state index in [0.717, 1.165) is 4.52 Å². The fraction of sp³-hybridized carbons (Fsp3) is 0.571. The van der Waals surface area contributed by atoms with Crippen LogP contribution in [0.3, 0.4) is 0 Å². The molecular formula is C7H10N6O. The fourth-order valence-corrected chi connectivity index (χ4v) is 1.10. The highest BCUT2D eigenvalue weighted by Gasteiger charge is 2.20. The lowest BCUT2D eigenvalue weighted by Crippen LogP contribution is -2.34. The van der Waals surface area contributed by atoms with E-state index in [-0.39, 0.29) is 17.0 Å². The molecule has 0 N–H and O–H groups in total. The van der Waals surface area contributed by atoms with Gasteiger partial charge in [0.05, 0.1) is 5.54 Å². The van der Waals surface area contributed by atoms with Crippen molar-refractivity contribution in [3.05, 3.63) is 16.8 Å². The molecule has 0 unspecified atom stereocenters. The standard InChI is InChI=1S/C7H10N6O/c1-7(2,3)13-6(14)12-5(10-13)8-4-9-11-12/h4H,1-3H3. The third-order valence-electron chi connectivity index (χ3n) is 1.74. The van der Waals surface area contributed by atoms with Gasteiger partial charge in [-0.2, -0.15) is 4.98 Å². The highest BCUT2D eigenvalue weighted by molar-refractivity contribution is 5.19. The van der Waals surface area contributed by atoms with Crippen LogP contribution in [0.25, 0.3) is 5.78 Å². The van der Waals surface area contributed by atoms with Gasteiger partial charge < -0.3 is 0 Å². The van der Waals surface area contributed by atoms with E-state index in [0.29, 0.717) is 0 Å². The first kappa shape index (κ1) is 8.79. The zero-order valence-electron chi connectivity index (χ0n) is 8.17. The lowest BCUT2D eigenvalue weighted by molar-refractivity contribution is 0.342. The Labute approximate surface area is 79.4 Å². The summed E-state index contributed by atoms with van der Waals surface area (Å²) in [5.74, 6) is 0.264. The molecular weight excluding hydrogens is 184 g/mol. The van der Waals surface area contributed by atoms with Crippen LogP contribution in [0.5, 0.6) is 0 Å². The summed E-state index contributed by atoms with van der Waals surface area (Å²) in [5.41, 5.74) is -0.708. The van der Waals surface area contributed by atoms with Gasteiger partial charge in [0, 0.05) is 0 Å². The number of hydrogen-bond acceptors (Lipinski definition) is 5. The second-order valence-corrected chi connectivity index (χ2v) is 3.93. The predicted octanol–water partition coefficient (Wildman–Crippen LogP) is -0.564. The molecule has 2 rings (SSSR count). The molecule has 0 aliphatic carbocycles. The van der Waals surface area contributed by atoms with Gasteiger partial charge in [-0.15, -0.1) is 14.7 Å². The van der Waals surface area contributed by atoms with Crippen LogP contribution < -0.4 is 5.69 Å². The molecule has 2 heterocycles. The van der Waals surface area contributed by atoms with Crippen LogP contribution in [-0.2, 0) is 5.54 Å². The minimum absolute atomic E-state index is 0.264. The van der Waals surface area contributed by atoms with Crippen molar-refractivity contribution in [3.63, 3.8) is 0 Å². The average molecular weight is 194 g/mol. The van der Waals surface area contributed by atoms with Crippen molar-refractivity contribution >= 4 is 5.78 Å². The first-order valence-corrected chi connectivity index (χ1v) is 4.16. The van der Waals surface area contributed by atoms with Gasteiger partial charge in [-0.3, -0.25) is 0 Å². The van der Waals surface area contributed by atoms with E-state index in [4.69, 9.17) is 0 Å². The Morgan fingerprint density at radius 3 is 2.64 bits per heavy atom. The van der Waals surface area contributed by atoms with E-state index in [2.05, 4.69) is 20.4 Å². The third-order valence-corrected chi connectivity index (χ3v) is 1.74. The van der Waals surface area contributed by atoms with Crippen molar-refractivity contribution in [2.75, 3.05) is 0 Å². The second-order valence-electron chi connectivity index (χ2n) is 3.93. The van der Waals surface area contributed by atoms with Crippen LogP contribution in [0.1, 0.15) is 20.8 Å². The zero-order valence-corrected chi connectivity index (χ0v) is 8.17. The van der Waals surface area contributed by atoms with Gasteiger partial charge in [-0.1, -0.05) is 5.21 Å². The summed E-state index contributed by atoms with van der Waals surface area (Å²) in [6, 6.07) is 0. The Balaban J connectivity index is 2.82. The molecule has 0 aromatic carbocycles. The van der Waals surface area contributed by atoms with Crippen molar-refractivity contribution in [2.24, 2.45) is 0 Å². The molecule has 74 valence electrons. The van der Waals surface area contributed by atoms with E-state index in [1.165, 1.54) is 11.0 Å². The summed E-state index contributed by atoms with van der Waals surface area (Å²) >= 11 is 0. The van der Waals surface area contributed by atoms with E-state index in [1.54, 1.807) is 0 Å². The van der Waals surface area contributed by atoms with Crippen molar-refractivity contribution < 1.29 is 0 Å². The van der Waals surface area contributed by atoms with Crippen LogP contribution >= 0.6 is 0 Å². The van der Waals surface area contributed by atoms with Crippen LogP contribution in [0.15, 0.2) is 11.1 Å². The molecule has 0 saturated heterocycles. The largest absolute Gasteiger partial charge is 0.370 e. The molecule has 0 atom stereocenters. The molecule has 7 heteroatoms. The number of fused-ring (bicyclic) bond motifs is 1. The molecule has 0 amide bonds. The summed E-state index contributed by atoms with van der Waals surface area (Å²) < 4.78 is 2.41. The van der Waals surface area contributed by atoms with Gasteiger partial charge in [0.25, 0.3) is 5.78 Å². The Kier molecular flexibility index (Phi) is 1.63. The van der Waals surface area contributed by atoms with Crippen LogP contribution in [-0.4, -0.2) is 29.6 Å². The van der Waals surface area contributed by atoms with Gasteiger partial charge in [0.1, 0.15) is 6.33 Å². The molecule has 0 aliphatic heterocycles. The zero-order chi connectivity index (χ0) is 10.3. The van der Waals surface area contributed by atoms with Gasteiger partial charge in [0.2, 0.25) is 0 Å².